The Morgan fingerprint density at radius 2 is 1.61 bits per heavy atom. The predicted octanol–water partition coefficient (Wildman–Crippen LogP) is 4.57. The van der Waals surface area contributed by atoms with Crippen molar-refractivity contribution >= 4 is 11.7 Å². The van der Waals surface area contributed by atoms with Gasteiger partial charge in [-0.15, -0.1) is 0 Å². The Bertz CT molecular complexity index is 1300. The molecule has 36 heavy (non-hydrogen) atoms. The van der Waals surface area contributed by atoms with Gasteiger partial charge >= 0.3 is 0 Å². The number of fused-ring (bicyclic) bond motifs is 4. The molecular formula is C30H30N2O4. The number of para-hydroxylation sites is 2. The monoisotopic (exact) mass is 482 g/mol. The maximum atomic E-state index is 13.0. The molecule has 6 heteroatoms. The van der Waals surface area contributed by atoms with Crippen LogP contribution in [0.1, 0.15) is 45.5 Å². The average molecular weight is 483 g/mol. The lowest BCUT2D eigenvalue weighted by molar-refractivity contribution is 0.0472. The van der Waals surface area contributed by atoms with Crippen molar-refractivity contribution in [3.63, 3.8) is 0 Å². The molecule has 6 nitrogen and oxygen atoms in total. The molecule has 1 atom stereocenters. The fraction of sp³-hybridized carbons (Fsp3) is 0.333. The maximum absolute atomic E-state index is 13.0. The minimum absolute atomic E-state index is 0.0530. The summed E-state index contributed by atoms with van der Waals surface area (Å²) in [6, 6.07) is 20.9. The molecular weight excluding hydrogens is 452 g/mol. The highest BCUT2D eigenvalue weighted by Gasteiger charge is 2.31. The van der Waals surface area contributed by atoms with Gasteiger partial charge in [0.1, 0.15) is 12.7 Å². The van der Waals surface area contributed by atoms with Crippen molar-refractivity contribution in [2.75, 3.05) is 32.8 Å². The molecule has 1 unspecified atom stereocenters. The molecule has 3 aromatic carbocycles. The number of rotatable bonds is 6. The fourth-order valence-corrected chi connectivity index (χ4v) is 5.65. The minimum atomic E-state index is -0.167. The molecule has 2 aliphatic heterocycles. The maximum Gasteiger partial charge on any atom is 0.252 e. The van der Waals surface area contributed by atoms with Crippen LogP contribution >= 0.6 is 0 Å². The zero-order valence-electron chi connectivity index (χ0n) is 20.2. The number of likely N-dealkylation sites (tertiary alicyclic amines) is 1. The first kappa shape index (κ1) is 22.8. The Labute approximate surface area is 211 Å². The van der Waals surface area contributed by atoms with Crippen molar-refractivity contribution in [2.24, 2.45) is 5.92 Å². The predicted molar refractivity (Wildman–Crippen MR) is 138 cm³/mol. The Balaban J connectivity index is 0.979. The molecule has 0 saturated carbocycles. The van der Waals surface area contributed by atoms with Gasteiger partial charge in [-0.3, -0.25) is 14.5 Å². The highest BCUT2D eigenvalue weighted by molar-refractivity contribution is 6.25. The van der Waals surface area contributed by atoms with Crippen LogP contribution < -0.4 is 14.8 Å². The van der Waals surface area contributed by atoms with E-state index in [0.717, 1.165) is 61.5 Å². The summed E-state index contributed by atoms with van der Waals surface area (Å²) in [6.07, 6.45) is 3.21. The number of hydrogen-bond acceptors (Lipinski definition) is 5. The van der Waals surface area contributed by atoms with Crippen molar-refractivity contribution in [1.29, 1.82) is 0 Å². The van der Waals surface area contributed by atoms with Crippen LogP contribution in [-0.4, -0.2) is 55.5 Å². The van der Waals surface area contributed by atoms with E-state index in [0.29, 0.717) is 35.8 Å². The first-order valence-corrected chi connectivity index (χ1v) is 12.8. The summed E-state index contributed by atoms with van der Waals surface area (Å²) in [5.41, 5.74) is 3.44. The Morgan fingerprint density at radius 1 is 0.889 bits per heavy atom. The first-order chi connectivity index (χ1) is 17.7. The van der Waals surface area contributed by atoms with Gasteiger partial charge in [0, 0.05) is 24.2 Å². The number of benzene rings is 3. The van der Waals surface area contributed by atoms with Gasteiger partial charge in [-0.2, -0.15) is 0 Å². The topological polar surface area (TPSA) is 67.9 Å². The average Bonchev–Trinajstić information content (AvgIpc) is 3.22. The van der Waals surface area contributed by atoms with Crippen LogP contribution in [0.2, 0.25) is 0 Å². The van der Waals surface area contributed by atoms with Crippen molar-refractivity contribution < 1.29 is 19.1 Å². The SMILES string of the molecule is O=C(NCCC1CCN(CC2COc3ccccc3O2)CC1)c1cccc2c1C(=O)c1ccccc1-2. The second kappa shape index (κ2) is 9.78. The summed E-state index contributed by atoms with van der Waals surface area (Å²) in [5, 5.41) is 3.07. The number of hydrogen-bond donors (Lipinski definition) is 1. The smallest absolute Gasteiger partial charge is 0.252 e. The minimum Gasteiger partial charge on any atom is -0.486 e. The summed E-state index contributed by atoms with van der Waals surface area (Å²) in [4.78, 5) is 28.4. The van der Waals surface area contributed by atoms with E-state index in [4.69, 9.17) is 9.47 Å². The molecule has 3 aliphatic rings. The molecule has 0 bridgehead atoms. The number of ketones is 1. The van der Waals surface area contributed by atoms with Crippen LogP contribution in [0.15, 0.2) is 66.7 Å². The molecule has 1 N–H and O–H groups in total. The van der Waals surface area contributed by atoms with Crippen LogP contribution in [0, 0.1) is 5.92 Å². The molecule has 184 valence electrons. The van der Waals surface area contributed by atoms with E-state index < -0.39 is 0 Å². The van der Waals surface area contributed by atoms with E-state index in [1.54, 1.807) is 6.07 Å². The van der Waals surface area contributed by atoms with Gasteiger partial charge in [0.05, 0.1) is 5.56 Å². The van der Waals surface area contributed by atoms with Gasteiger partial charge in [-0.1, -0.05) is 48.5 Å². The van der Waals surface area contributed by atoms with Crippen LogP contribution in [0.25, 0.3) is 11.1 Å². The summed E-state index contributed by atoms with van der Waals surface area (Å²) >= 11 is 0. The number of piperidine rings is 1. The normalized spacial score (nSPS) is 19.0. The lowest BCUT2D eigenvalue weighted by Crippen LogP contribution is -2.44. The van der Waals surface area contributed by atoms with E-state index >= 15 is 0 Å². The molecule has 1 saturated heterocycles. The first-order valence-electron chi connectivity index (χ1n) is 12.8. The number of carbonyl (C=O) groups excluding carboxylic acids is 2. The van der Waals surface area contributed by atoms with Crippen LogP contribution in [0.3, 0.4) is 0 Å². The van der Waals surface area contributed by atoms with Crippen LogP contribution in [0.5, 0.6) is 11.5 Å². The Kier molecular flexibility index (Phi) is 6.20. The van der Waals surface area contributed by atoms with Crippen LogP contribution in [0.4, 0.5) is 0 Å². The summed E-state index contributed by atoms with van der Waals surface area (Å²) in [6.45, 7) is 4.12. The Morgan fingerprint density at radius 3 is 2.44 bits per heavy atom. The van der Waals surface area contributed by atoms with Gasteiger partial charge in [0.2, 0.25) is 0 Å². The van der Waals surface area contributed by atoms with Crippen molar-refractivity contribution in [2.45, 2.75) is 25.4 Å². The standard InChI is InChI=1S/C30H30N2O4/c33-29-24-7-2-1-6-22(24)23-8-5-9-25(28(23)29)30(34)31-15-12-20-13-16-32(17-14-20)18-21-19-35-26-10-3-4-11-27(26)36-21/h1-11,20-21H,12-19H2,(H,31,34). The third-order valence-electron chi connectivity index (χ3n) is 7.57. The molecule has 6 rings (SSSR count). The molecule has 1 aliphatic carbocycles. The highest BCUT2D eigenvalue weighted by Crippen LogP contribution is 2.38. The van der Waals surface area contributed by atoms with Crippen molar-refractivity contribution in [3.8, 4) is 22.6 Å². The van der Waals surface area contributed by atoms with E-state index in [9.17, 15) is 9.59 Å². The van der Waals surface area contributed by atoms with Gasteiger partial charge < -0.3 is 14.8 Å². The van der Waals surface area contributed by atoms with E-state index in [1.807, 2.05) is 60.7 Å². The third kappa shape index (κ3) is 4.37. The van der Waals surface area contributed by atoms with Gasteiger partial charge in [0.15, 0.2) is 17.3 Å². The highest BCUT2D eigenvalue weighted by atomic mass is 16.6. The zero-order valence-corrected chi connectivity index (χ0v) is 20.2. The van der Waals surface area contributed by atoms with Gasteiger partial charge in [-0.25, -0.2) is 0 Å². The number of nitrogens with zero attached hydrogens (tertiary/aromatic N) is 1. The lowest BCUT2D eigenvalue weighted by Gasteiger charge is -2.35. The molecule has 0 radical (unpaired) electrons. The summed E-state index contributed by atoms with van der Waals surface area (Å²) in [7, 11) is 0. The summed E-state index contributed by atoms with van der Waals surface area (Å²) in [5.74, 6) is 2.01. The van der Waals surface area contributed by atoms with E-state index in [1.165, 1.54) is 0 Å². The quantitative estimate of drug-likeness (QED) is 0.436. The van der Waals surface area contributed by atoms with E-state index in [2.05, 4.69) is 10.2 Å². The van der Waals surface area contributed by atoms with E-state index in [-0.39, 0.29) is 17.8 Å². The van der Waals surface area contributed by atoms with Crippen molar-refractivity contribution in [1.82, 2.24) is 10.2 Å². The Hall–Kier alpha value is -3.64. The lowest BCUT2D eigenvalue weighted by atomic mass is 9.93. The number of nitrogens with one attached hydrogen (secondary N) is 1. The number of ether oxygens (including phenoxy) is 2. The van der Waals surface area contributed by atoms with Gasteiger partial charge in [-0.05, 0) is 67.6 Å². The summed E-state index contributed by atoms with van der Waals surface area (Å²) < 4.78 is 12.0. The molecule has 1 fully saturated rings. The third-order valence-corrected chi connectivity index (χ3v) is 7.57. The second-order valence-electron chi connectivity index (χ2n) is 9.89. The molecule has 3 aromatic rings. The fourth-order valence-electron chi connectivity index (χ4n) is 5.65. The molecule has 2 heterocycles. The van der Waals surface area contributed by atoms with Gasteiger partial charge in [0.25, 0.3) is 5.91 Å². The largest absolute Gasteiger partial charge is 0.486 e. The molecule has 0 spiro atoms. The zero-order chi connectivity index (χ0) is 24.5. The second-order valence-corrected chi connectivity index (χ2v) is 9.89. The number of carbonyl (C=O) groups is 2. The number of amides is 1. The molecule has 0 aromatic heterocycles. The molecule has 1 amide bonds. The van der Waals surface area contributed by atoms with Crippen LogP contribution in [-0.2, 0) is 0 Å². The van der Waals surface area contributed by atoms with Crippen molar-refractivity contribution in [3.05, 3.63) is 83.4 Å².